The van der Waals surface area contributed by atoms with E-state index in [1.807, 2.05) is 27.1 Å². The molecule has 0 radical (unpaired) electrons. The molecule has 0 fully saturated rings. The van der Waals surface area contributed by atoms with Gasteiger partial charge in [-0.15, -0.1) is 0 Å². The number of aryl methyl sites for hydroxylation is 1. The second-order valence-corrected chi connectivity index (χ2v) is 5.69. The average Bonchev–Trinajstić information content (AvgIpc) is 2.38. The summed E-state index contributed by atoms with van der Waals surface area (Å²) in [5.74, 6) is 0.162. The molecule has 0 aromatic heterocycles. The normalized spacial score (nSPS) is 11.6. The first-order valence-electron chi connectivity index (χ1n) is 6.47. The molecule has 1 rings (SSSR count). The lowest BCUT2D eigenvalue weighted by molar-refractivity contribution is 0.0601. The molecule has 0 aliphatic heterocycles. The molecule has 1 aromatic rings. The third-order valence-corrected chi connectivity index (χ3v) is 3.57. The van der Waals surface area contributed by atoms with E-state index in [-0.39, 0.29) is 5.54 Å². The monoisotopic (exact) mass is 280 g/mol. The molecule has 0 atom stereocenters. The zero-order valence-electron chi connectivity index (χ0n) is 13.1. The van der Waals surface area contributed by atoms with Gasteiger partial charge in [-0.2, -0.15) is 0 Å². The zero-order valence-corrected chi connectivity index (χ0v) is 13.1. The van der Waals surface area contributed by atoms with Crippen LogP contribution < -0.4 is 10.5 Å². The minimum atomic E-state index is -0.456. The van der Waals surface area contributed by atoms with Gasteiger partial charge in [-0.25, -0.2) is 4.79 Å². The average molecular weight is 280 g/mol. The van der Waals surface area contributed by atoms with Crippen LogP contribution in [-0.2, 0) is 4.74 Å². The van der Waals surface area contributed by atoms with Crippen LogP contribution >= 0.6 is 0 Å². The number of methoxy groups -OCH3 is 1. The van der Waals surface area contributed by atoms with Crippen molar-refractivity contribution in [3.63, 3.8) is 0 Å². The molecule has 2 N–H and O–H groups in total. The fraction of sp³-hybridized carbons (Fsp3) is 0.533. The van der Waals surface area contributed by atoms with Gasteiger partial charge in [0.25, 0.3) is 0 Å². The molecule has 0 aliphatic carbocycles. The highest BCUT2D eigenvalue weighted by molar-refractivity contribution is 5.96. The molecule has 0 heterocycles. The highest BCUT2D eigenvalue weighted by atomic mass is 16.5. The fourth-order valence-corrected chi connectivity index (χ4v) is 1.52. The summed E-state index contributed by atoms with van der Waals surface area (Å²) in [4.78, 5) is 13.8. The number of hydrogen-bond acceptors (Lipinski definition) is 5. The first-order valence-corrected chi connectivity index (χ1v) is 6.47. The predicted molar refractivity (Wildman–Crippen MR) is 80.2 cm³/mol. The zero-order chi connectivity index (χ0) is 15.5. The molecular weight excluding hydrogens is 256 g/mol. The van der Waals surface area contributed by atoms with Crippen LogP contribution in [0.1, 0.15) is 29.8 Å². The lowest BCUT2D eigenvalue weighted by Crippen LogP contribution is -2.43. The van der Waals surface area contributed by atoms with E-state index >= 15 is 0 Å². The quantitative estimate of drug-likeness (QED) is 0.661. The van der Waals surface area contributed by atoms with Crippen molar-refractivity contribution in [3.05, 3.63) is 23.3 Å². The van der Waals surface area contributed by atoms with Crippen molar-refractivity contribution >= 4 is 11.7 Å². The number of benzene rings is 1. The molecular formula is C15H24N2O3. The molecule has 0 saturated carbocycles. The minimum absolute atomic E-state index is 0.110. The number of nitrogens with two attached hydrogens (primary N) is 1. The molecule has 0 bridgehead atoms. The smallest absolute Gasteiger partial charge is 0.340 e. The summed E-state index contributed by atoms with van der Waals surface area (Å²) in [6.07, 6.45) is 0. The van der Waals surface area contributed by atoms with Crippen LogP contribution in [0.2, 0.25) is 0 Å². The Labute approximate surface area is 120 Å². The highest BCUT2D eigenvalue weighted by Crippen LogP contribution is 2.26. The molecule has 0 saturated heterocycles. The van der Waals surface area contributed by atoms with E-state index in [2.05, 4.69) is 18.7 Å². The standard InChI is InChI=1S/C15H24N2O3/c1-10-7-11(20-9-15(2,3)17(4)5)8-12(13(10)16)14(18)19-6/h7-8H,9,16H2,1-6H3. The maximum atomic E-state index is 11.7. The van der Waals surface area contributed by atoms with Gasteiger partial charge in [0.2, 0.25) is 0 Å². The Balaban J connectivity index is 2.98. The number of nitrogen functional groups attached to an aromatic ring is 1. The van der Waals surface area contributed by atoms with Gasteiger partial charge in [-0.1, -0.05) is 0 Å². The third kappa shape index (κ3) is 3.63. The first kappa shape index (κ1) is 16.3. The van der Waals surface area contributed by atoms with Gasteiger partial charge in [0.1, 0.15) is 12.4 Å². The number of anilines is 1. The highest BCUT2D eigenvalue weighted by Gasteiger charge is 2.22. The summed E-state index contributed by atoms with van der Waals surface area (Å²) >= 11 is 0. The van der Waals surface area contributed by atoms with Crippen LogP contribution in [0.4, 0.5) is 5.69 Å². The van der Waals surface area contributed by atoms with Crippen molar-refractivity contribution < 1.29 is 14.3 Å². The summed E-state index contributed by atoms with van der Waals surface area (Å²) in [6, 6.07) is 3.45. The Bertz CT molecular complexity index is 496. The van der Waals surface area contributed by atoms with Crippen LogP contribution in [0.15, 0.2) is 12.1 Å². The minimum Gasteiger partial charge on any atom is -0.492 e. The summed E-state index contributed by atoms with van der Waals surface area (Å²) in [5.41, 5.74) is 7.34. The Morgan fingerprint density at radius 2 is 1.95 bits per heavy atom. The maximum absolute atomic E-state index is 11.7. The van der Waals surface area contributed by atoms with Crippen molar-refractivity contribution in [1.82, 2.24) is 4.90 Å². The van der Waals surface area contributed by atoms with Crippen LogP contribution in [0.3, 0.4) is 0 Å². The van der Waals surface area contributed by atoms with Crippen LogP contribution in [0, 0.1) is 6.92 Å². The summed E-state index contributed by atoms with van der Waals surface area (Å²) in [7, 11) is 5.33. The Hall–Kier alpha value is -1.75. The Kier molecular flexibility index (Phi) is 5.00. The summed E-state index contributed by atoms with van der Waals surface area (Å²) < 4.78 is 10.5. The second kappa shape index (κ2) is 6.13. The number of ether oxygens (including phenoxy) is 2. The fourth-order valence-electron chi connectivity index (χ4n) is 1.52. The first-order chi connectivity index (χ1) is 9.19. The topological polar surface area (TPSA) is 64.8 Å². The molecule has 20 heavy (non-hydrogen) atoms. The predicted octanol–water partition coefficient (Wildman–Crippen LogP) is 2.08. The van der Waals surface area contributed by atoms with Crippen molar-refractivity contribution in [3.8, 4) is 5.75 Å². The van der Waals surface area contributed by atoms with Crippen molar-refractivity contribution in [2.75, 3.05) is 33.5 Å². The van der Waals surface area contributed by atoms with Crippen molar-refractivity contribution in [1.29, 1.82) is 0 Å². The van der Waals surface area contributed by atoms with Crippen molar-refractivity contribution in [2.24, 2.45) is 0 Å². The Morgan fingerprint density at radius 3 is 2.45 bits per heavy atom. The van der Waals surface area contributed by atoms with E-state index in [4.69, 9.17) is 15.2 Å². The van der Waals surface area contributed by atoms with E-state index in [1.54, 1.807) is 6.07 Å². The van der Waals surface area contributed by atoms with E-state index in [0.717, 1.165) is 5.56 Å². The molecule has 0 aliphatic rings. The number of likely N-dealkylation sites (N-methyl/N-ethyl adjacent to an activating group) is 1. The van der Waals surface area contributed by atoms with E-state index in [0.29, 0.717) is 23.6 Å². The van der Waals surface area contributed by atoms with Crippen LogP contribution in [0.5, 0.6) is 5.75 Å². The van der Waals surface area contributed by atoms with E-state index in [1.165, 1.54) is 7.11 Å². The van der Waals surface area contributed by atoms with Crippen LogP contribution in [0.25, 0.3) is 0 Å². The number of nitrogens with zero attached hydrogens (tertiary/aromatic N) is 1. The second-order valence-electron chi connectivity index (χ2n) is 5.69. The molecule has 0 unspecified atom stereocenters. The largest absolute Gasteiger partial charge is 0.492 e. The van der Waals surface area contributed by atoms with Crippen molar-refractivity contribution in [2.45, 2.75) is 26.3 Å². The van der Waals surface area contributed by atoms with Gasteiger partial charge in [-0.05, 0) is 52.6 Å². The lowest BCUT2D eigenvalue weighted by atomic mass is 10.1. The summed E-state index contributed by atoms with van der Waals surface area (Å²) in [5, 5.41) is 0. The molecule has 5 nitrogen and oxygen atoms in total. The molecule has 5 heteroatoms. The van der Waals surface area contributed by atoms with E-state index in [9.17, 15) is 4.79 Å². The lowest BCUT2D eigenvalue weighted by Gasteiger charge is -2.32. The van der Waals surface area contributed by atoms with Gasteiger partial charge in [0, 0.05) is 11.2 Å². The number of carbonyl (C=O) groups excluding carboxylic acids is 1. The molecule has 1 aromatic carbocycles. The Morgan fingerprint density at radius 1 is 1.35 bits per heavy atom. The number of carbonyl (C=O) groups is 1. The molecule has 0 spiro atoms. The molecule has 0 amide bonds. The number of esters is 1. The summed E-state index contributed by atoms with van der Waals surface area (Å²) in [6.45, 7) is 6.51. The molecule has 112 valence electrons. The third-order valence-electron chi connectivity index (χ3n) is 3.57. The maximum Gasteiger partial charge on any atom is 0.340 e. The van der Waals surface area contributed by atoms with Gasteiger partial charge in [-0.3, -0.25) is 0 Å². The number of hydrogen-bond donors (Lipinski definition) is 1. The number of rotatable bonds is 5. The van der Waals surface area contributed by atoms with E-state index < -0.39 is 5.97 Å². The van der Waals surface area contributed by atoms with Gasteiger partial charge in [0.15, 0.2) is 0 Å². The van der Waals surface area contributed by atoms with Gasteiger partial charge < -0.3 is 20.1 Å². The van der Waals surface area contributed by atoms with Gasteiger partial charge >= 0.3 is 5.97 Å². The van der Waals surface area contributed by atoms with Gasteiger partial charge in [0.05, 0.1) is 12.7 Å². The van der Waals surface area contributed by atoms with Crippen LogP contribution in [-0.4, -0.2) is 44.2 Å². The SMILES string of the molecule is COC(=O)c1cc(OCC(C)(C)N(C)C)cc(C)c1N.